The molecule has 2 fully saturated rings. The van der Waals surface area contributed by atoms with Crippen LogP contribution in [0.15, 0.2) is 97.2 Å². The lowest BCUT2D eigenvalue weighted by Crippen LogP contribution is -2.61. The molecule has 0 aromatic carbocycles. The summed E-state index contributed by atoms with van der Waals surface area (Å²) in [6.45, 7) is 3.22. The van der Waals surface area contributed by atoms with Gasteiger partial charge in [0.25, 0.3) is 0 Å². The molecule has 2 heterocycles. The first-order valence-electron chi connectivity index (χ1n) is 22.8. The van der Waals surface area contributed by atoms with E-state index in [4.69, 9.17) is 28.4 Å². The fraction of sp³-hybridized carbons (Fsp3) is 0.653. The van der Waals surface area contributed by atoms with Gasteiger partial charge in [0.15, 0.2) is 12.6 Å². The van der Waals surface area contributed by atoms with Crippen LogP contribution in [0.2, 0.25) is 0 Å². The number of allylic oxidation sites excluding steroid dienone is 15. The van der Waals surface area contributed by atoms with Crippen LogP contribution in [-0.4, -0.2) is 142 Å². The van der Waals surface area contributed by atoms with Crippen molar-refractivity contribution in [1.29, 1.82) is 0 Å². The minimum Gasteiger partial charge on any atom is -0.457 e. The molecule has 0 aliphatic carbocycles. The van der Waals surface area contributed by atoms with Crippen molar-refractivity contribution >= 4 is 5.97 Å². The number of carbonyl (C=O) groups excluding carboxylic acids is 1. The zero-order chi connectivity index (χ0) is 45.9. The Hall–Kier alpha value is -3.09. The molecule has 0 bridgehead atoms. The van der Waals surface area contributed by atoms with E-state index in [1.54, 1.807) is 6.08 Å². The van der Waals surface area contributed by atoms with Crippen LogP contribution >= 0.6 is 0 Å². The van der Waals surface area contributed by atoms with Crippen molar-refractivity contribution in [3.05, 3.63) is 97.2 Å². The summed E-state index contributed by atoms with van der Waals surface area (Å²) in [7, 11) is 0. The standard InChI is InChI=1S/C49H78O14/c1-3-5-7-9-11-13-15-17-19-20-22-24-26-28-30-32-41(51)61-38(35-58-33-31-29-27-25-23-21-18-16-14-12-10-8-6-4-2)36-59-48-47(57)45(55)43(53)40(63-48)37-60-49-46(56)44(54)42(52)39(34-50)62-49/h5-8,11-14,17-19,21-22,24,28,30,38-40,42-50,52-57H,3-4,9-10,15-16,20,23,25-27,29,31-37H2,1-2H3/b7-5-,8-6-,13-11-,14-12-,19-17-,21-18-,24-22-,30-28-. The second-order valence-corrected chi connectivity index (χ2v) is 15.5. The van der Waals surface area contributed by atoms with E-state index in [-0.39, 0.29) is 19.6 Å². The number of carbonyl (C=O) groups is 1. The molecule has 2 aliphatic rings. The number of aliphatic hydroxyl groups is 7. The van der Waals surface area contributed by atoms with Gasteiger partial charge in [-0.1, -0.05) is 124 Å². The summed E-state index contributed by atoms with van der Waals surface area (Å²) >= 11 is 0. The number of hydrogen-bond acceptors (Lipinski definition) is 14. The number of aliphatic hydroxyl groups excluding tert-OH is 7. The molecule has 14 nitrogen and oxygen atoms in total. The largest absolute Gasteiger partial charge is 0.457 e. The topological polar surface area (TPSA) is 214 Å². The van der Waals surface area contributed by atoms with Crippen LogP contribution in [0.5, 0.6) is 0 Å². The SMILES string of the molecule is CC/C=C\C/C=C\C/C=C\C/C=C\C/C=C\CC(=O)OC(COCCCCCC/C=C\C/C=C\C/C=C\CC)COC1OC(COC2OC(CO)C(O)C(O)C2O)C(O)C(O)C1O. The number of ether oxygens (including phenoxy) is 6. The van der Waals surface area contributed by atoms with Gasteiger partial charge in [-0.05, 0) is 70.6 Å². The quantitative estimate of drug-likeness (QED) is 0.0246. The number of hydrogen-bond donors (Lipinski definition) is 7. The first kappa shape index (κ1) is 56.0. The molecular formula is C49H78O14. The molecule has 0 radical (unpaired) electrons. The highest BCUT2D eigenvalue weighted by Gasteiger charge is 2.47. The second-order valence-electron chi connectivity index (χ2n) is 15.5. The number of rotatable bonds is 33. The highest BCUT2D eigenvalue weighted by molar-refractivity contribution is 5.71. The molecule has 358 valence electrons. The molecule has 0 amide bonds. The Labute approximate surface area is 375 Å². The highest BCUT2D eigenvalue weighted by Crippen LogP contribution is 2.26. The number of esters is 1. The molecule has 0 aromatic heterocycles. The third-order valence-electron chi connectivity index (χ3n) is 10.1. The van der Waals surface area contributed by atoms with Crippen LogP contribution in [-0.2, 0) is 33.2 Å². The summed E-state index contributed by atoms with van der Waals surface area (Å²) in [4.78, 5) is 12.9. The van der Waals surface area contributed by atoms with Gasteiger partial charge in [-0.2, -0.15) is 0 Å². The van der Waals surface area contributed by atoms with E-state index in [0.717, 1.165) is 77.0 Å². The van der Waals surface area contributed by atoms with E-state index < -0.39 is 86.7 Å². The predicted molar refractivity (Wildman–Crippen MR) is 242 cm³/mol. The van der Waals surface area contributed by atoms with Crippen molar-refractivity contribution in [2.24, 2.45) is 0 Å². The van der Waals surface area contributed by atoms with Gasteiger partial charge in [-0.15, -0.1) is 0 Å². The fourth-order valence-electron chi connectivity index (χ4n) is 6.43. The summed E-state index contributed by atoms with van der Waals surface area (Å²) in [5.41, 5.74) is 0. The minimum atomic E-state index is -1.73. The van der Waals surface area contributed by atoms with Gasteiger partial charge in [0.2, 0.25) is 0 Å². The molecule has 0 saturated carbocycles. The van der Waals surface area contributed by atoms with Crippen molar-refractivity contribution in [2.75, 3.05) is 33.0 Å². The Morgan fingerprint density at radius 3 is 1.52 bits per heavy atom. The summed E-state index contributed by atoms with van der Waals surface area (Å²) < 4.78 is 34.0. The van der Waals surface area contributed by atoms with Gasteiger partial charge in [-0.3, -0.25) is 4.79 Å². The van der Waals surface area contributed by atoms with Gasteiger partial charge in [-0.25, -0.2) is 0 Å². The zero-order valence-corrected chi connectivity index (χ0v) is 37.5. The van der Waals surface area contributed by atoms with E-state index >= 15 is 0 Å². The van der Waals surface area contributed by atoms with Gasteiger partial charge in [0.1, 0.15) is 54.9 Å². The van der Waals surface area contributed by atoms with E-state index in [9.17, 15) is 40.5 Å². The van der Waals surface area contributed by atoms with Crippen molar-refractivity contribution < 1.29 is 69.0 Å². The molecule has 2 aliphatic heterocycles. The second kappa shape index (κ2) is 36.2. The molecule has 14 heteroatoms. The first-order chi connectivity index (χ1) is 30.6. The Morgan fingerprint density at radius 1 is 0.524 bits per heavy atom. The third kappa shape index (κ3) is 24.7. The molecule has 11 unspecified atom stereocenters. The monoisotopic (exact) mass is 891 g/mol. The van der Waals surface area contributed by atoms with Crippen LogP contribution in [0.1, 0.15) is 104 Å². The van der Waals surface area contributed by atoms with E-state index in [0.29, 0.717) is 13.0 Å². The summed E-state index contributed by atoms with van der Waals surface area (Å²) in [5.74, 6) is -0.517. The zero-order valence-electron chi connectivity index (χ0n) is 37.5. The average molecular weight is 891 g/mol. The Morgan fingerprint density at radius 2 is 0.984 bits per heavy atom. The van der Waals surface area contributed by atoms with Gasteiger partial charge in [0, 0.05) is 6.61 Å². The highest BCUT2D eigenvalue weighted by atomic mass is 16.7. The average Bonchev–Trinajstić information content (AvgIpc) is 3.28. The van der Waals surface area contributed by atoms with E-state index in [1.807, 2.05) is 12.2 Å². The van der Waals surface area contributed by atoms with Crippen molar-refractivity contribution in [1.82, 2.24) is 0 Å². The van der Waals surface area contributed by atoms with Crippen LogP contribution in [0.3, 0.4) is 0 Å². The maximum atomic E-state index is 12.9. The minimum absolute atomic E-state index is 0.000456. The van der Waals surface area contributed by atoms with Gasteiger partial charge >= 0.3 is 5.97 Å². The van der Waals surface area contributed by atoms with Crippen molar-refractivity contribution in [3.63, 3.8) is 0 Å². The lowest BCUT2D eigenvalue weighted by molar-refractivity contribution is -0.332. The first-order valence-corrected chi connectivity index (χ1v) is 22.8. The summed E-state index contributed by atoms with van der Waals surface area (Å²) in [5, 5.41) is 71.9. The maximum absolute atomic E-state index is 12.9. The van der Waals surface area contributed by atoms with Crippen molar-refractivity contribution in [2.45, 2.75) is 171 Å². The maximum Gasteiger partial charge on any atom is 0.310 e. The van der Waals surface area contributed by atoms with Crippen LogP contribution in [0, 0.1) is 0 Å². The van der Waals surface area contributed by atoms with Crippen LogP contribution in [0.25, 0.3) is 0 Å². The predicted octanol–water partition coefficient (Wildman–Crippen LogP) is 5.51. The molecule has 0 spiro atoms. The normalized spacial score (nSPS) is 27.9. The van der Waals surface area contributed by atoms with Crippen LogP contribution < -0.4 is 0 Å². The smallest absolute Gasteiger partial charge is 0.310 e. The Balaban J connectivity index is 1.87. The lowest BCUT2D eigenvalue weighted by atomic mass is 9.98. The molecule has 0 aromatic rings. The van der Waals surface area contributed by atoms with Crippen LogP contribution in [0.4, 0.5) is 0 Å². The van der Waals surface area contributed by atoms with E-state index in [1.165, 1.54) is 0 Å². The molecule has 63 heavy (non-hydrogen) atoms. The Kier molecular flexibility index (Phi) is 32.2. The molecular weight excluding hydrogens is 813 g/mol. The Bertz CT molecular complexity index is 1400. The lowest BCUT2D eigenvalue weighted by Gasteiger charge is -2.42. The molecule has 2 rings (SSSR count). The third-order valence-corrected chi connectivity index (χ3v) is 10.1. The van der Waals surface area contributed by atoms with Gasteiger partial charge in [0.05, 0.1) is 32.8 Å². The molecule has 11 atom stereocenters. The van der Waals surface area contributed by atoms with Gasteiger partial charge < -0.3 is 64.2 Å². The summed E-state index contributed by atoms with van der Waals surface area (Å²) in [6, 6.07) is 0. The molecule has 2 saturated heterocycles. The summed E-state index contributed by atoms with van der Waals surface area (Å²) in [6.07, 6.45) is 29.4. The van der Waals surface area contributed by atoms with Crippen molar-refractivity contribution in [3.8, 4) is 0 Å². The number of unbranched alkanes of at least 4 members (excludes halogenated alkanes) is 4. The van der Waals surface area contributed by atoms with E-state index in [2.05, 4.69) is 92.8 Å². The molecule has 7 N–H and O–H groups in total. The fourth-order valence-corrected chi connectivity index (χ4v) is 6.43.